The van der Waals surface area contributed by atoms with E-state index < -0.39 is 6.09 Å². The summed E-state index contributed by atoms with van der Waals surface area (Å²) in [5, 5.41) is 17.3. The van der Waals surface area contributed by atoms with E-state index in [2.05, 4.69) is 16.4 Å². The Morgan fingerprint density at radius 3 is 2.54 bits per heavy atom. The highest BCUT2D eigenvalue weighted by molar-refractivity contribution is 5.65. The van der Waals surface area contributed by atoms with E-state index in [1.54, 1.807) is 4.90 Å². The number of carbonyl (C=O) groups is 1. The Morgan fingerprint density at radius 2 is 1.92 bits per heavy atom. The first-order chi connectivity index (χ1) is 11.6. The molecule has 3 fully saturated rings. The normalized spacial score (nSPS) is 28.5. The molecule has 0 saturated carbocycles. The highest BCUT2D eigenvalue weighted by Gasteiger charge is 2.41. The lowest BCUT2D eigenvalue weighted by molar-refractivity contribution is 0.148. The standard InChI is InChI=1S/C17H27N5O2/c1-20-6-15(16(19-20)12-2-4-18-5-3-12)9-21-7-13-10-22(17(23)24)11-14(13)8-21/h6,12-14,18H,2-5,7-11H2,1H3,(H,23,24). The summed E-state index contributed by atoms with van der Waals surface area (Å²) in [5.41, 5.74) is 2.64. The predicted molar refractivity (Wildman–Crippen MR) is 89.9 cm³/mol. The topological polar surface area (TPSA) is 73.6 Å². The lowest BCUT2D eigenvalue weighted by Crippen LogP contribution is -2.32. The van der Waals surface area contributed by atoms with Crippen LogP contribution < -0.4 is 5.32 Å². The molecule has 0 aliphatic carbocycles. The number of nitrogens with one attached hydrogen (secondary N) is 1. The number of aromatic nitrogens is 2. The van der Waals surface area contributed by atoms with Gasteiger partial charge in [0.05, 0.1) is 5.69 Å². The monoisotopic (exact) mass is 333 g/mol. The number of piperidine rings is 1. The fourth-order valence-corrected chi connectivity index (χ4v) is 4.73. The molecule has 3 aliphatic heterocycles. The summed E-state index contributed by atoms with van der Waals surface area (Å²) in [6.45, 7) is 6.53. The van der Waals surface area contributed by atoms with Crippen LogP contribution in [0.2, 0.25) is 0 Å². The van der Waals surface area contributed by atoms with E-state index in [9.17, 15) is 4.79 Å². The van der Waals surface area contributed by atoms with Crippen LogP contribution in [0.5, 0.6) is 0 Å². The second kappa shape index (κ2) is 6.37. The van der Waals surface area contributed by atoms with Gasteiger partial charge >= 0.3 is 6.09 Å². The average Bonchev–Trinajstić information content (AvgIpc) is 3.21. The van der Waals surface area contributed by atoms with Gasteiger partial charge in [0.2, 0.25) is 0 Å². The third-order valence-electron chi connectivity index (χ3n) is 5.89. The van der Waals surface area contributed by atoms with Crippen LogP contribution >= 0.6 is 0 Å². The van der Waals surface area contributed by atoms with Crippen LogP contribution in [-0.2, 0) is 13.6 Å². The van der Waals surface area contributed by atoms with Gasteiger partial charge in [-0.1, -0.05) is 0 Å². The predicted octanol–water partition coefficient (Wildman–Crippen LogP) is 0.929. The van der Waals surface area contributed by atoms with Crippen molar-refractivity contribution >= 4 is 6.09 Å². The van der Waals surface area contributed by atoms with Gasteiger partial charge in [0.1, 0.15) is 0 Å². The van der Waals surface area contributed by atoms with Crippen molar-refractivity contribution in [1.82, 2.24) is 24.9 Å². The zero-order valence-corrected chi connectivity index (χ0v) is 14.3. The number of amides is 1. The SMILES string of the molecule is Cn1cc(CN2CC3CN(C(=O)O)CC3C2)c(C2CCNCC2)n1. The van der Waals surface area contributed by atoms with Crippen LogP contribution in [0.4, 0.5) is 4.79 Å². The van der Waals surface area contributed by atoms with Gasteiger partial charge in [-0.25, -0.2) is 4.79 Å². The molecule has 3 saturated heterocycles. The summed E-state index contributed by atoms with van der Waals surface area (Å²) in [6.07, 6.45) is 3.75. The maximum Gasteiger partial charge on any atom is 0.407 e. The maximum absolute atomic E-state index is 11.1. The number of aryl methyl sites for hydroxylation is 1. The maximum atomic E-state index is 11.1. The molecule has 7 heteroatoms. The van der Waals surface area contributed by atoms with Gasteiger partial charge in [0, 0.05) is 57.4 Å². The molecule has 7 nitrogen and oxygen atoms in total. The summed E-state index contributed by atoms with van der Waals surface area (Å²) < 4.78 is 1.95. The van der Waals surface area contributed by atoms with E-state index in [1.165, 1.54) is 24.1 Å². The van der Waals surface area contributed by atoms with Gasteiger partial charge in [-0.2, -0.15) is 5.10 Å². The second-order valence-corrected chi connectivity index (χ2v) is 7.64. The van der Waals surface area contributed by atoms with Crippen LogP contribution in [-0.4, -0.2) is 70.0 Å². The van der Waals surface area contributed by atoms with Gasteiger partial charge < -0.3 is 15.3 Å². The fourth-order valence-electron chi connectivity index (χ4n) is 4.73. The molecular formula is C17H27N5O2. The first kappa shape index (κ1) is 15.9. The molecule has 1 aromatic heterocycles. The molecule has 132 valence electrons. The highest BCUT2D eigenvalue weighted by Crippen LogP contribution is 2.33. The Kier molecular flexibility index (Phi) is 4.22. The number of hydrogen-bond donors (Lipinski definition) is 2. The minimum Gasteiger partial charge on any atom is -0.465 e. The van der Waals surface area contributed by atoms with Crippen LogP contribution in [0, 0.1) is 11.8 Å². The summed E-state index contributed by atoms with van der Waals surface area (Å²) in [4.78, 5) is 15.2. The van der Waals surface area contributed by atoms with Crippen molar-refractivity contribution in [2.24, 2.45) is 18.9 Å². The van der Waals surface area contributed by atoms with Crippen LogP contribution in [0.15, 0.2) is 6.20 Å². The van der Waals surface area contributed by atoms with Gasteiger partial charge in [-0.05, 0) is 37.8 Å². The Labute approximate surface area is 142 Å². The molecule has 0 bridgehead atoms. The zero-order valence-electron chi connectivity index (χ0n) is 14.3. The van der Waals surface area contributed by atoms with Gasteiger partial charge in [0.25, 0.3) is 0 Å². The Morgan fingerprint density at radius 1 is 1.25 bits per heavy atom. The number of hydrogen-bond acceptors (Lipinski definition) is 4. The highest BCUT2D eigenvalue weighted by atomic mass is 16.4. The first-order valence-corrected chi connectivity index (χ1v) is 9.03. The second-order valence-electron chi connectivity index (χ2n) is 7.64. The largest absolute Gasteiger partial charge is 0.465 e. The van der Waals surface area contributed by atoms with E-state index in [0.29, 0.717) is 30.8 Å². The number of rotatable bonds is 3. The van der Waals surface area contributed by atoms with Crippen LogP contribution in [0.3, 0.4) is 0 Å². The molecule has 3 aliphatic rings. The van der Waals surface area contributed by atoms with Gasteiger partial charge in [0.15, 0.2) is 0 Å². The molecule has 0 spiro atoms. The summed E-state index contributed by atoms with van der Waals surface area (Å²) in [6, 6.07) is 0. The number of nitrogens with zero attached hydrogens (tertiary/aromatic N) is 4. The van der Waals surface area contributed by atoms with Crippen molar-refractivity contribution in [3.8, 4) is 0 Å². The lowest BCUT2D eigenvalue weighted by Gasteiger charge is -2.24. The lowest BCUT2D eigenvalue weighted by atomic mass is 9.92. The molecular weight excluding hydrogens is 306 g/mol. The zero-order chi connectivity index (χ0) is 16.7. The summed E-state index contributed by atoms with van der Waals surface area (Å²) >= 11 is 0. The first-order valence-electron chi connectivity index (χ1n) is 9.03. The molecule has 4 rings (SSSR count). The summed E-state index contributed by atoms with van der Waals surface area (Å²) in [7, 11) is 2.01. The molecule has 0 aromatic carbocycles. The average molecular weight is 333 g/mol. The minimum atomic E-state index is -0.767. The molecule has 4 heterocycles. The molecule has 2 atom stereocenters. The third kappa shape index (κ3) is 3.02. The van der Waals surface area contributed by atoms with E-state index in [-0.39, 0.29) is 0 Å². The van der Waals surface area contributed by atoms with Crippen molar-refractivity contribution < 1.29 is 9.90 Å². The minimum absolute atomic E-state index is 0.500. The van der Waals surface area contributed by atoms with Crippen molar-refractivity contribution in [3.63, 3.8) is 0 Å². The molecule has 1 aromatic rings. The van der Waals surface area contributed by atoms with Crippen LogP contribution in [0.1, 0.15) is 30.0 Å². The molecule has 24 heavy (non-hydrogen) atoms. The van der Waals surface area contributed by atoms with Gasteiger partial charge in [-0.3, -0.25) is 9.58 Å². The van der Waals surface area contributed by atoms with Gasteiger partial charge in [-0.15, -0.1) is 0 Å². The van der Waals surface area contributed by atoms with Crippen molar-refractivity contribution in [3.05, 3.63) is 17.5 Å². The number of likely N-dealkylation sites (tertiary alicyclic amines) is 2. The van der Waals surface area contributed by atoms with E-state index in [4.69, 9.17) is 10.2 Å². The molecule has 0 radical (unpaired) electrons. The summed E-state index contributed by atoms with van der Waals surface area (Å²) in [5.74, 6) is 1.58. The Balaban J connectivity index is 1.41. The van der Waals surface area contributed by atoms with Crippen LogP contribution in [0.25, 0.3) is 0 Å². The van der Waals surface area contributed by atoms with E-state index in [0.717, 1.165) is 32.7 Å². The molecule has 2 unspecified atom stereocenters. The van der Waals surface area contributed by atoms with Crippen molar-refractivity contribution in [2.45, 2.75) is 25.3 Å². The van der Waals surface area contributed by atoms with E-state index >= 15 is 0 Å². The smallest absolute Gasteiger partial charge is 0.407 e. The van der Waals surface area contributed by atoms with Crippen molar-refractivity contribution in [1.29, 1.82) is 0 Å². The number of fused-ring (bicyclic) bond motifs is 1. The molecule has 1 amide bonds. The number of carboxylic acid groups (broad SMARTS) is 1. The quantitative estimate of drug-likeness (QED) is 0.861. The third-order valence-corrected chi connectivity index (χ3v) is 5.89. The fraction of sp³-hybridized carbons (Fsp3) is 0.765. The van der Waals surface area contributed by atoms with E-state index in [1.807, 2.05) is 11.7 Å². The van der Waals surface area contributed by atoms with Crippen molar-refractivity contribution in [2.75, 3.05) is 39.3 Å². The molecule has 2 N–H and O–H groups in total. The Bertz CT molecular complexity index is 596. The Hall–Kier alpha value is -1.60.